The molecule has 2 aliphatic heterocycles. The zero-order chi connectivity index (χ0) is 15.8. The number of ether oxygens (including phenoxy) is 1. The van der Waals surface area contributed by atoms with Crippen molar-refractivity contribution in [1.82, 2.24) is 5.32 Å². The maximum atomic E-state index is 12.2. The molecule has 2 heterocycles. The lowest BCUT2D eigenvalue weighted by Crippen LogP contribution is -2.33. The van der Waals surface area contributed by atoms with E-state index in [-0.39, 0.29) is 12.0 Å². The summed E-state index contributed by atoms with van der Waals surface area (Å²) >= 11 is 0. The number of carbonyl (C=O) groups is 1. The number of nitrogens with one attached hydrogen (secondary N) is 2. The van der Waals surface area contributed by atoms with E-state index in [0.717, 1.165) is 29.8 Å². The zero-order valence-electron chi connectivity index (χ0n) is 13.1. The molecule has 1 amide bonds. The molecule has 0 unspecified atom stereocenters. The summed E-state index contributed by atoms with van der Waals surface area (Å²) in [6, 6.07) is 16.0. The first-order valence-electron chi connectivity index (χ1n) is 8.06. The summed E-state index contributed by atoms with van der Waals surface area (Å²) in [7, 11) is 0. The highest BCUT2D eigenvalue weighted by Gasteiger charge is 2.41. The molecule has 2 aliphatic rings. The molecule has 23 heavy (non-hydrogen) atoms. The Hall–Kier alpha value is -2.17. The van der Waals surface area contributed by atoms with Gasteiger partial charge in [-0.1, -0.05) is 29.8 Å². The topological polar surface area (TPSA) is 50.4 Å². The summed E-state index contributed by atoms with van der Waals surface area (Å²) in [6.45, 7) is 2.97. The summed E-state index contributed by atoms with van der Waals surface area (Å²) in [5.74, 6) is -0.0874. The normalized spacial score (nSPS) is 25.5. The van der Waals surface area contributed by atoms with Gasteiger partial charge in [0, 0.05) is 23.8 Å². The number of benzene rings is 2. The molecule has 0 aromatic heterocycles. The maximum Gasteiger partial charge on any atom is 0.255 e. The fraction of sp³-hybridized carbons (Fsp3) is 0.316. The summed E-state index contributed by atoms with van der Waals surface area (Å²) < 4.78 is 6.00. The predicted octanol–water partition coefficient (Wildman–Crippen LogP) is 3.05. The second-order valence-corrected chi connectivity index (χ2v) is 6.37. The van der Waals surface area contributed by atoms with E-state index in [4.69, 9.17) is 4.74 Å². The van der Waals surface area contributed by atoms with Gasteiger partial charge in [-0.2, -0.15) is 0 Å². The molecule has 2 fully saturated rings. The lowest BCUT2D eigenvalue weighted by atomic mass is 10.0. The van der Waals surface area contributed by atoms with E-state index in [1.54, 1.807) is 0 Å². The molecular formula is C19H20N2O2. The summed E-state index contributed by atoms with van der Waals surface area (Å²) in [5.41, 5.74) is 3.78. The average molecular weight is 308 g/mol. The Kier molecular flexibility index (Phi) is 3.63. The molecule has 0 aliphatic carbocycles. The highest BCUT2D eigenvalue weighted by molar-refractivity contribution is 6.04. The van der Waals surface area contributed by atoms with Crippen molar-refractivity contribution in [2.24, 2.45) is 0 Å². The quantitative estimate of drug-likeness (QED) is 0.916. The van der Waals surface area contributed by atoms with Crippen LogP contribution in [0.4, 0.5) is 5.69 Å². The first-order valence-corrected chi connectivity index (χ1v) is 8.06. The largest absolute Gasteiger partial charge is 0.367 e. The van der Waals surface area contributed by atoms with E-state index in [0.29, 0.717) is 17.7 Å². The van der Waals surface area contributed by atoms with E-state index >= 15 is 0 Å². The monoisotopic (exact) mass is 308 g/mol. The van der Waals surface area contributed by atoms with Crippen LogP contribution in [0.5, 0.6) is 0 Å². The van der Waals surface area contributed by atoms with Gasteiger partial charge in [0.05, 0.1) is 12.2 Å². The third kappa shape index (κ3) is 2.87. The predicted molar refractivity (Wildman–Crippen MR) is 89.6 cm³/mol. The highest BCUT2D eigenvalue weighted by Crippen LogP contribution is 2.37. The van der Waals surface area contributed by atoms with E-state index < -0.39 is 0 Å². The first-order chi connectivity index (χ1) is 11.2. The molecule has 0 saturated carbocycles. The number of hydrogen-bond donors (Lipinski definition) is 2. The van der Waals surface area contributed by atoms with E-state index in [2.05, 4.69) is 10.6 Å². The van der Waals surface area contributed by atoms with Crippen LogP contribution >= 0.6 is 0 Å². The molecule has 4 rings (SSSR count). The summed E-state index contributed by atoms with van der Waals surface area (Å²) in [5, 5.41) is 6.42. The van der Waals surface area contributed by atoms with Crippen LogP contribution in [0, 0.1) is 6.92 Å². The lowest BCUT2D eigenvalue weighted by molar-refractivity contribution is 0.0160. The van der Waals surface area contributed by atoms with Crippen LogP contribution in [0.2, 0.25) is 0 Å². The minimum absolute atomic E-state index is 0.0874. The van der Waals surface area contributed by atoms with Gasteiger partial charge in [-0.15, -0.1) is 0 Å². The van der Waals surface area contributed by atoms with Gasteiger partial charge in [-0.3, -0.25) is 4.79 Å². The van der Waals surface area contributed by atoms with Gasteiger partial charge in [0.15, 0.2) is 0 Å². The lowest BCUT2D eigenvalue weighted by Gasteiger charge is -2.23. The van der Waals surface area contributed by atoms with Gasteiger partial charge in [0.25, 0.3) is 5.91 Å². The average Bonchev–Trinajstić information content (AvgIpc) is 3.19. The smallest absolute Gasteiger partial charge is 0.255 e. The molecule has 3 atom stereocenters. The molecule has 4 heteroatoms. The SMILES string of the molecule is Cc1ccc(C(=O)Nc2ccc([C@H]3O[C@@H]4CN[C@H]3C4)cc2)cc1. The van der Waals surface area contributed by atoms with E-state index in [9.17, 15) is 4.79 Å². The third-order valence-corrected chi connectivity index (χ3v) is 4.64. The number of fused-ring (bicyclic) bond motifs is 2. The Morgan fingerprint density at radius 3 is 2.48 bits per heavy atom. The summed E-state index contributed by atoms with van der Waals surface area (Å²) in [6.07, 6.45) is 1.58. The van der Waals surface area contributed by atoms with Crippen LogP contribution in [0.1, 0.15) is 34.0 Å². The van der Waals surface area contributed by atoms with Gasteiger partial charge in [-0.25, -0.2) is 0 Å². The minimum atomic E-state index is -0.0874. The van der Waals surface area contributed by atoms with E-state index in [1.807, 2.05) is 55.5 Å². The molecule has 4 nitrogen and oxygen atoms in total. The number of amides is 1. The van der Waals surface area contributed by atoms with Gasteiger partial charge >= 0.3 is 0 Å². The van der Waals surface area contributed by atoms with Crippen LogP contribution in [0.15, 0.2) is 48.5 Å². The van der Waals surface area contributed by atoms with Crippen molar-refractivity contribution in [2.75, 3.05) is 11.9 Å². The number of morpholine rings is 1. The van der Waals surface area contributed by atoms with Gasteiger partial charge in [0.1, 0.15) is 0 Å². The Balaban J connectivity index is 1.44. The van der Waals surface area contributed by atoms with Crippen molar-refractivity contribution in [1.29, 1.82) is 0 Å². The number of carbonyl (C=O) groups excluding carboxylic acids is 1. The zero-order valence-corrected chi connectivity index (χ0v) is 13.1. The van der Waals surface area contributed by atoms with Crippen molar-refractivity contribution in [3.05, 3.63) is 65.2 Å². The molecule has 2 N–H and O–H groups in total. The van der Waals surface area contributed by atoms with Crippen molar-refractivity contribution in [3.8, 4) is 0 Å². The Morgan fingerprint density at radius 2 is 1.87 bits per heavy atom. The second-order valence-electron chi connectivity index (χ2n) is 6.37. The highest BCUT2D eigenvalue weighted by atomic mass is 16.5. The van der Waals surface area contributed by atoms with Crippen LogP contribution in [-0.2, 0) is 4.74 Å². The summed E-state index contributed by atoms with van der Waals surface area (Å²) in [4.78, 5) is 12.2. The number of anilines is 1. The van der Waals surface area contributed by atoms with Crippen molar-refractivity contribution >= 4 is 11.6 Å². The first kappa shape index (κ1) is 14.4. The fourth-order valence-electron chi connectivity index (χ4n) is 3.34. The molecule has 2 aromatic rings. The van der Waals surface area contributed by atoms with Crippen molar-refractivity contribution in [2.45, 2.75) is 31.6 Å². The molecule has 2 aromatic carbocycles. The second kappa shape index (κ2) is 5.80. The molecule has 0 radical (unpaired) electrons. The number of aryl methyl sites for hydroxylation is 1. The van der Waals surface area contributed by atoms with Crippen molar-refractivity contribution < 1.29 is 9.53 Å². The number of hydrogen-bond acceptors (Lipinski definition) is 3. The Morgan fingerprint density at radius 1 is 1.13 bits per heavy atom. The third-order valence-electron chi connectivity index (χ3n) is 4.64. The standard InChI is InChI=1S/C19H20N2O2/c1-12-2-4-14(5-3-12)19(22)21-15-8-6-13(7-9-15)18-17-10-16(23-18)11-20-17/h2-9,16-18,20H,10-11H2,1H3,(H,21,22)/t16-,17-,18+/m0/s1. The molecule has 2 saturated heterocycles. The molecule has 118 valence electrons. The van der Waals surface area contributed by atoms with E-state index in [1.165, 1.54) is 0 Å². The molecule has 0 spiro atoms. The van der Waals surface area contributed by atoms with Gasteiger partial charge in [-0.05, 0) is 43.2 Å². The van der Waals surface area contributed by atoms with Crippen molar-refractivity contribution in [3.63, 3.8) is 0 Å². The van der Waals surface area contributed by atoms with Crippen LogP contribution in [-0.4, -0.2) is 24.6 Å². The Labute approximate surface area is 135 Å². The number of rotatable bonds is 3. The van der Waals surface area contributed by atoms with Crippen LogP contribution in [0.25, 0.3) is 0 Å². The fourth-order valence-corrected chi connectivity index (χ4v) is 3.34. The molecule has 2 bridgehead atoms. The minimum Gasteiger partial charge on any atom is -0.367 e. The van der Waals surface area contributed by atoms with Gasteiger partial charge < -0.3 is 15.4 Å². The van der Waals surface area contributed by atoms with Crippen LogP contribution in [0.3, 0.4) is 0 Å². The maximum absolute atomic E-state index is 12.2. The van der Waals surface area contributed by atoms with Crippen LogP contribution < -0.4 is 10.6 Å². The Bertz CT molecular complexity index is 709. The van der Waals surface area contributed by atoms with Gasteiger partial charge in [0.2, 0.25) is 0 Å². The molecular weight excluding hydrogens is 288 g/mol.